The van der Waals surface area contributed by atoms with Gasteiger partial charge in [-0.25, -0.2) is 0 Å². The van der Waals surface area contributed by atoms with Crippen molar-refractivity contribution < 1.29 is 24.1 Å². The van der Waals surface area contributed by atoms with Crippen LogP contribution < -0.4 is 9.47 Å². The number of nitrogens with zero attached hydrogens (tertiary/aromatic N) is 2. The Hall–Kier alpha value is -1.83. The van der Waals surface area contributed by atoms with Gasteiger partial charge in [-0.2, -0.15) is 0 Å². The molecule has 1 N–H and O–H groups in total. The predicted octanol–water partition coefficient (Wildman–Crippen LogP) is 0.469. The van der Waals surface area contributed by atoms with Gasteiger partial charge in [-0.05, 0) is 25.2 Å². The van der Waals surface area contributed by atoms with Gasteiger partial charge in [0.15, 0.2) is 11.5 Å². The van der Waals surface area contributed by atoms with Crippen molar-refractivity contribution in [2.45, 2.75) is 6.04 Å². The molecular weight excluding hydrogens is 312 g/mol. The number of carbonyl (C=O) groups excluding carboxylic acids is 1. The van der Waals surface area contributed by atoms with E-state index in [0.29, 0.717) is 49.9 Å². The maximum absolute atomic E-state index is 12.9. The Morgan fingerprint density at radius 1 is 1.38 bits per heavy atom. The van der Waals surface area contributed by atoms with Crippen molar-refractivity contribution in [3.05, 3.63) is 23.8 Å². The number of hydrogen-bond donors (Lipinski definition) is 1. The van der Waals surface area contributed by atoms with Gasteiger partial charge in [-0.15, -0.1) is 0 Å². The van der Waals surface area contributed by atoms with Crippen LogP contribution in [0.15, 0.2) is 18.2 Å². The number of amides is 1. The fourth-order valence-corrected chi connectivity index (χ4v) is 2.83. The summed E-state index contributed by atoms with van der Waals surface area (Å²) in [5, 5.41) is 9.05. The van der Waals surface area contributed by atoms with E-state index in [2.05, 4.69) is 0 Å². The van der Waals surface area contributed by atoms with Crippen LogP contribution in [0.25, 0.3) is 0 Å². The van der Waals surface area contributed by atoms with Gasteiger partial charge >= 0.3 is 0 Å². The highest BCUT2D eigenvalue weighted by Crippen LogP contribution is 2.28. The molecular formula is C17H26N2O5. The van der Waals surface area contributed by atoms with Crippen molar-refractivity contribution in [2.24, 2.45) is 0 Å². The SMILES string of the molecule is COc1ccc(C(=O)N2CCOCC2CN(C)CCO)cc1OC. The van der Waals surface area contributed by atoms with E-state index >= 15 is 0 Å². The maximum Gasteiger partial charge on any atom is 0.254 e. The minimum Gasteiger partial charge on any atom is -0.493 e. The summed E-state index contributed by atoms with van der Waals surface area (Å²) in [6.45, 7) is 2.88. The Balaban J connectivity index is 2.16. The molecule has 7 heteroatoms. The van der Waals surface area contributed by atoms with Crippen LogP contribution in [0.5, 0.6) is 11.5 Å². The van der Waals surface area contributed by atoms with E-state index in [4.69, 9.17) is 19.3 Å². The topological polar surface area (TPSA) is 71.5 Å². The van der Waals surface area contributed by atoms with Crippen molar-refractivity contribution in [1.29, 1.82) is 0 Å². The molecule has 1 unspecified atom stereocenters. The molecule has 0 bridgehead atoms. The van der Waals surface area contributed by atoms with Crippen LogP contribution in [-0.4, -0.2) is 87.6 Å². The minimum atomic E-state index is -0.0540. The summed E-state index contributed by atoms with van der Waals surface area (Å²) in [4.78, 5) is 16.7. The summed E-state index contributed by atoms with van der Waals surface area (Å²) < 4.78 is 16.0. The molecule has 1 aliphatic heterocycles. The smallest absolute Gasteiger partial charge is 0.254 e. The normalized spacial score (nSPS) is 17.9. The van der Waals surface area contributed by atoms with E-state index in [1.165, 1.54) is 0 Å². The van der Waals surface area contributed by atoms with E-state index in [0.717, 1.165) is 0 Å². The van der Waals surface area contributed by atoms with Crippen LogP contribution in [0.3, 0.4) is 0 Å². The number of aliphatic hydroxyl groups excluding tert-OH is 1. The van der Waals surface area contributed by atoms with E-state index < -0.39 is 0 Å². The Morgan fingerprint density at radius 2 is 2.12 bits per heavy atom. The monoisotopic (exact) mass is 338 g/mol. The highest BCUT2D eigenvalue weighted by molar-refractivity contribution is 5.95. The standard InChI is InChI=1S/C17H26N2O5/c1-18(6-8-20)11-14-12-24-9-7-19(14)17(21)13-4-5-15(22-2)16(10-13)23-3/h4-5,10,14,20H,6-9,11-12H2,1-3H3. The molecule has 0 saturated carbocycles. The van der Waals surface area contributed by atoms with Gasteiger partial charge in [0.1, 0.15) is 0 Å². The summed E-state index contributed by atoms with van der Waals surface area (Å²) in [6.07, 6.45) is 0. The Labute approximate surface area is 142 Å². The lowest BCUT2D eigenvalue weighted by molar-refractivity contribution is -0.0109. The van der Waals surface area contributed by atoms with Gasteiger partial charge in [-0.3, -0.25) is 4.79 Å². The van der Waals surface area contributed by atoms with Crippen molar-refractivity contribution in [1.82, 2.24) is 9.80 Å². The minimum absolute atomic E-state index is 0.0455. The first kappa shape index (κ1) is 18.5. The zero-order chi connectivity index (χ0) is 17.5. The number of rotatable bonds is 7. The molecule has 134 valence electrons. The second kappa shape index (κ2) is 8.86. The highest BCUT2D eigenvalue weighted by atomic mass is 16.5. The van der Waals surface area contributed by atoms with E-state index in [9.17, 15) is 4.79 Å². The number of carbonyl (C=O) groups is 1. The number of benzene rings is 1. The second-order valence-electron chi connectivity index (χ2n) is 5.78. The summed E-state index contributed by atoms with van der Waals surface area (Å²) in [6, 6.07) is 5.13. The lowest BCUT2D eigenvalue weighted by atomic mass is 10.1. The maximum atomic E-state index is 12.9. The fraction of sp³-hybridized carbons (Fsp3) is 0.588. The van der Waals surface area contributed by atoms with Gasteiger partial charge in [0.05, 0.1) is 40.1 Å². The average Bonchev–Trinajstić information content (AvgIpc) is 2.61. The summed E-state index contributed by atoms with van der Waals surface area (Å²) in [7, 11) is 5.03. The van der Waals surface area contributed by atoms with Gasteiger partial charge in [0, 0.05) is 25.2 Å². The number of ether oxygens (including phenoxy) is 3. The Morgan fingerprint density at radius 3 is 2.79 bits per heavy atom. The molecule has 0 aromatic heterocycles. The van der Waals surface area contributed by atoms with E-state index in [1.54, 1.807) is 32.4 Å². The van der Waals surface area contributed by atoms with Gasteiger partial charge in [0.2, 0.25) is 0 Å². The zero-order valence-corrected chi connectivity index (χ0v) is 14.5. The van der Waals surface area contributed by atoms with Crippen LogP contribution in [0.1, 0.15) is 10.4 Å². The molecule has 0 radical (unpaired) electrons. The zero-order valence-electron chi connectivity index (χ0n) is 14.5. The van der Waals surface area contributed by atoms with Crippen molar-refractivity contribution in [3.63, 3.8) is 0 Å². The van der Waals surface area contributed by atoms with Crippen LogP contribution in [0.4, 0.5) is 0 Å². The molecule has 1 aliphatic rings. The Bertz CT molecular complexity index is 552. The third-order valence-corrected chi connectivity index (χ3v) is 4.12. The molecule has 1 heterocycles. The van der Waals surface area contributed by atoms with Gasteiger partial charge < -0.3 is 29.1 Å². The summed E-state index contributed by atoms with van der Waals surface area (Å²) in [5.74, 6) is 1.07. The number of methoxy groups -OCH3 is 2. The molecule has 2 rings (SSSR count). The average molecular weight is 338 g/mol. The molecule has 1 aromatic carbocycles. The van der Waals surface area contributed by atoms with Gasteiger partial charge in [-0.1, -0.05) is 0 Å². The number of morpholine rings is 1. The van der Waals surface area contributed by atoms with Crippen molar-refractivity contribution >= 4 is 5.91 Å². The molecule has 1 atom stereocenters. The molecule has 1 fully saturated rings. The Kier molecular flexibility index (Phi) is 6.84. The number of aliphatic hydroxyl groups is 1. The van der Waals surface area contributed by atoms with Crippen LogP contribution in [0.2, 0.25) is 0 Å². The third kappa shape index (κ3) is 4.37. The van der Waals surface area contributed by atoms with E-state index in [-0.39, 0.29) is 18.6 Å². The lowest BCUT2D eigenvalue weighted by Gasteiger charge is -2.37. The summed E-state index contributed by atoms with van der Waals surface area (Å²) >= 11 is 0. The fourth-order valence-electron chi connectivity index (χ4n) is 2.83. The molecule has 0 aliphatic carbocycles. The summed E-state index contributed by atoms with van der Waals surface area (Å²) in [5.41, 5.74) is 0.560. The molecule has 7 nitrogen and oxygen atoms in total. The van der Waals surface area contributed by atoms with Gasteiger partial charge in [0.25, 0.3) is 5.91 Å². The van der Waals surface area contributed by atoms with Crippen molar-refractivity contribution in [2.75, 3.05) is 60.7 Å². The molecule has 0 spiro atoms. The first-order valence-corrected chi connectivity index (χ1v) is 8.00. The number of likely N-dealkylation sites (N-methyl/N-ethyl adjacent to an activating group) is 1. The lowest BCUT2D eigenvalue weighted by Crippen LogP contribution is -2.53. The molecule has 1 saturated heterocycles. The van der Waals surface area contributed by atoms with Crippen molar-refractivity contribution in [3.8, 4) is 11.5 Å². The van der Waals surface area contributed by atoms with E-state index in [1.807, 2.05) is 16.8 Å². The first-order chi connectivity index (χ1) is 11.6. The predicted molar refractivity (Wildman–Crippen MR) is 89.8 cm³/mol. The highest BCUT2D eigenvalue weighted by Gasteiger charge is 2.29. The molecule has 1 aromatic rings. The third-order valence-electron chi connectivity index (χ3n) is 4.12. The molecule has 24 heavy (non-hydrogen) atoms. The first-order valence-electron chi connectivity index (χ1n) is 8.00. The van der Waals surface area contributed by atoms with Crippen LogP contribution in [-0.2, 0) is 4.74 Å². The molecule has 1 amide bonds. The largest absolute Gasteiger partial charge is 0.493 e. The van der Waals surface area contributed by atoms with Crippen LogP contribution in [0, 0.1) is 0 Å². The van der Waals surface area contributed by atoms with Crippen LogP contribution >= 0.6 is 0 Å². The quantitative estimate of drug-likeness (QED) is 0.779. The number of hydrogen-bond acceptors (Lipinski definition) is 6. The second-order valence-corrected chi connectivity index (χ2v) is 5.78.